The number of benzene rings is 1. The fraction of sp³-hybridized carbons (Fsp3) is 0.529. The molecule has 1 fully saturated rings. The predicted octanol–water partition coefficient (Wildman–Crippen LogP) is 1.84. The molecule has 2 rings (SSSR count). The standard InChI is InChI=1S/C17H21F3N2O2/c1-2-11-24-13-16(23)12-21-7-9-22(10-8-21)15-5-3-14(4-6-15)17(18,19)20/h1,3-6,16,23H,7-13H2. The molecule has 0 bridgehead atoms. The lowest BCUT2D eigenvalue weighted by Gasteiger charge is -2.37. The van der Waals surface area contributed by atoms with E-state index in [1.54, 1.807) is 0 Å². The quantitative estimate of drug-likeness (QED) is 0.632. The number of aliphatic hydroxyl groups excluding tert-OH is 1. The van der Waals surface area contributed by atoms with Crippen molar-refractivity contribution in [3.63, 3.8) is 0 Å². The molecule has 7 heteroatoms. The second kappa shape index (κ2) is 8.38. The monoisotopic (exact) mass is 342 g/mol. The van der Waals surface area contributed by atoms with Gasteiger partial charge in [-0.3, -0.25) is 4.90 Å². The third kappa shape index (κ3) is 5.41. The van der Waals surface area contributed by atoms with Crippen LogP contribution in [0.3, 0.4) is 0 Å². The van der Waals surface area contributed by atoms with E-state index in [4.69, 9.17) is 11.2 Å². The van der Waals surface area contributed by atoms with Gasteiger partial charge in [-0.2, -0.15) is 13.2 Å². The molecule has 0 spiro atoms. The molecule has 0 amide bonds. The Kier molecular flexibility index (Phi) is 6.49. The number of ether oxygens (including phenoxy) is 1. The Labute approximate surface area is 139 Å². The second-order valence-corrected chi connectivity index (χ2v) is 5.71. The summed E-state index contributed by atoms with van der Waals surface area (Å²) in [6.45, 7) is 3.72. The van der Waals surface area contributed by atoms with E-state index in [-0.39, 0.29) is 13.2 Å². The Bertz CT molecular complexity index is 546. The van der Waals surface area contributed by atoms with Gasteiger partial charge in [-0.15, -0.1) is 6.42 Å². The second-order valence-electron chi connectivity index (χ2n) is 5.71. The number of rotatable bonds is 6. The van der Waals surface area contributed by atoms with Crippen molar-refractivity contribution in [2.75, 3.05) is 50.8 Å². The molecule has 1 aliphatic rings. The highest BCUT2D eigenvalue weighted by atomic mass is 19.4. The summed E-state index contributed by atoms with van der Waals surface area (Å²) in [5.74, 6) is 2.34. The van der Waals surface area contributed by atoms with E-state index < -0.39 is 17.8 Å². The van der Waals surface area contributed by atoms with Crippen molar-refractivity contribution < 1.29 is 23.0 Å². The molecule has 1 N–H and O–H groups in total. The van der Waals surface area contributed by atoms with Gasteiger partial charge in [-0.25, -0.2) is 0 Å². The van der Waals surface area contributed by atoms with E-state index in [0.717, 1.165) is 30.9 Å². The summed E-state index contributed by atoms with van der Waals surface area (Å²) in [5.41, 5.74) is 0.139. The normalized spacial score (nSPS) is 17.5. The molecule has 0 aromatic heterocycles. The number of β-amino-alcohol motifs (C(OH)–C–C–N with tert-alkyl or cyclic N) is 1. The van der Waals surface area contributed by atoms with Gasteiger partial charge in [-0.05, 0) is 24.3 Å². The Morgan fingerprint density at radius 2 is 1.79 bits per heavy atom. The zero-order valence-corrected chi connectivity index (χ0v) is 13.3. The number of terminal acetylenes is 1. The zero-order chi connectivity index (χ0) is 17.6. The van der Waals surface area contributed by atoms with E-state index in [1.165, 1.54) is 12.1 Å². The Balaban J connectivity index is 1.79. The number of anilines is 1. The van der Waals surface area contributed by atoms with Crippen LogP contribution in [-0.2, 0) is 10.9 Å². The largest absolute Gasteiger partial charge is 0.416 e. The molecular formula is C17H21F3N2O2. The van der Waals surface area contributed by atoms with Gasteiger partial charge < -0.3 is 14.7 Å². The van der Waals surface area contributed by atoms with Crippen LogP contribution in [0.2, 0.25) is 0 Å². The van der Waals surface area contributed by atoms with Gasteiger partial charge in [0.25, 0.3) is 0 Å². The maximum Gasteiger partial charge on any atom is 0.416 e. The van der Waals surface area contributed by atoms with Crippen LogP contribution in [-0.4, -0.2) is 62.0 Å². The predicted molar refractivity (Wildman–Crippen MR) is 85.8 cm³/mol. The molecule has 1 aromatic rings. The zero-order valence-electron chi connectivity index (χ0n) is 13.3. The van der Waals surface area contributed by atoms with Gasteiger partial charge in [-0.1, -0.05) is 5.92 Å². The molecule has 132 valence electrons. The smallest absolute Gasteiger partial charge is 0.389 e. The first-order valence-corrected chi connectivity index (χ1v) is 7.74. The SMILES string of the molecule is C#CCOCC(O)CN1CCN(c2ccc(C(F)(F)F)cc2)CC1. The van der Waals surface area contributed by atoms with E-state index in [1.807, 2.05) is 4.90 Å². The lowest BCUT2D eigenvalue weighted by atomic mass is 10.1. The fourth-order valence-corrected chi connectivity index (χ4v) is 2.65. The average molecular weight is 342 g/mol. The van der Waals surface area contributed by atoms with Gasteiger partial charge in [0, 0.05) is 38.4 Å². The minimum absolute atomic E-state index is 0.179. The molecule has 1 unspecified atom stereocenters. The minimum Gasteiger partial charge on any atom is -0.389 e. The van der Waals surface area contributed by atoms with Crippen molar-refractivity contribution in [2.45, 2.75) is 12.3 Å². The molecule has 1 heterocycles. The van der Waals surface area contributed by atoms with Crippen LogP contribution in [0, 0.1) is 12.3 Å². The highest BCUT2D eigenvalue weighted by Gasteiger charge is 2.30. The molecule has 1 aliphatic heterocycles. The Morgan fingerprint density at radius 1 is 1.17 bits per heavy atom. The number of halogens is 3. The van der Waals surface area contributed by atoms with Crippen LogP contribution in [0.4, 0.5) is 18.9 Å². The number of alkyl halides is 3. The van der Waals surface area contributed by atoms with Gasteiger partial charge in [0.15, 0.2) is 0 Å². The molecule has 1 saturated heterocycles. The molecule has 0 aliphatic carbocycles. The number of aliphatic hydroxyl groups is 1. The number of hydrogen-bond acceptors (Lipinski definition) is 4. The molecule has 24 heavy (non-hydrogen) atoms. The highest BCUT2D eigenvalue weighted by molar-refractivity contribution is 5.48. The Hall–Kier alpha value is -1.75. The van der Waals surface area contributed by atoms with Crippen LogP contribution >= 0.6 is 0 Å². The van der Waals surface area contributed by atoms with Crippen molar-refractivity contribution in [1.29, 1.82) is 0 Å². The number of nitrogens with zero attached hydrogens (tertiary/aromatic N) is 2. The van der Waals surface area contributed by atoms with Gasteiger partial charge in [0.2, 0.25) is 0 Å². The summed E-state index contributed by atoms with van der Waals surface area (Å²) < 4.78 is 42.8. The molecular weight excluding hydrogens is 321 g/mol. The number of hydrogen-bond donors (Lipinski definition) is 1. The van der Waals surface area contributed by atoms with Crippen molar-refractivity contribution in [3.8, 4) is 12.3 Å². The Morgan fingerprint density at radius 3 is 2.33 bits per heavy atom. The summed E-state index contributed by atoms with van der Waals surface area (Å²) in [4.78, 5) is 4.14. The van der Waals surface area contributed by atoms with Crippen molar-refractivity contribution in [2.24, 2.45) is 0 Å². The van der Waals surface area contributed by atoms with Crippen LogP contribution in [0.25, 0.3) is 0 Å². The summed E-state index contributed by atoms with van der Waals surface area (Å²) in [6, 6.07) is 5.21. The summed E-state index contributed by atoms with van der Waals surface area (Å²) >= 11 is 0. The minimum atomic E-state index is -4.31. The molecule has 1 aromatic carbocycles. The van der Waals surface area contributed by atoms with E-state index in [0.29, 0.717) is 19.6 Å². The van der Waals surface area contributed by atoms with Crippen molar-refractivity contribution in [1.82, 2.24) is 4.90 Å². The highest BCUT2D eigenvalue weighted by Crippen LogP contribution is 2.30. The number of piperazine rings is 1. The van der Waals surface area contributed by atoms with Gasteiger partial charge in [0.05, 0.1) is 18.3 Å². The first-order chi connectivity index (χ1) is 11.4. The van der Waals surface area contributed by atoms with E-state index in [2.05, 4.69) is 10.8 Å². The van der Waals surface area contributed by atoms with Gasteiger partial charge >= 0.3 is 6.18 Å². The fourth-order valence-electron chi connectivity index (χ4n) is 2.65. The summed E-state index contributed by atoms with van der Waals surface area (Å²) in [6.07, 6.45) is 0.156. The van der Waals surface area contributed by atoms with Crippen molar-refractivity contribution >= 4 is 5.69 Å². The molecule has 4 nitrogen and oxygen atoms in total. The lowest BCUT2D eigenvalue weighted by molar-refractivity contribution is -0.137. The van der Waals surface area contributed by atoms with Crippen LogP contribution in [0.1, 0.15) is 5.56 Å². The van der Waals surface area contributed by atoms with Crippen LogP contribution in [0.15, 0.2) is 24.3 Å². The molecule has 0 saturated carbocycles. The van der Waals surface area contributed by atoms with Crippen molar-refractivity contribution in [3.05, 3.63) is 29.8 Å². The first-order valence-electron chi connectivity index (χ1n) is 7.74. The molecule has 1 atom stereocenters. The van der Waals surface area contributed by atoms with E-state index >= 15 is 0 Å². The average Bonchev–Trinajstić information content (AvgIpc) is 2.55. The topological polar surface area (TPSA) is 35.9 Å². The lowest BCUT2D eigenvalue weighted by Crippen LogP contribution is -2.49. The first kappa shape index (κ1) is 18.6. The maximum absolute atomic E-state index is 12.6. The van der Waals surface area contributed by atoms with E-state index in [9.17, 15) is 18.3 Å². The third-order valence-corrected chi connectivity index (χ3v) is 3.90. The maximum atomic E-state index is 12.6. The van der Waals surface area contributed by atoms with Crippen LogP contribution in [0.5, 0.6) is 0 Å². The van der Waals surface area contributed by atoms with Gasteiger partial charge in [0.1, 0.15) is 6.61 Å². The summed E-state index contributed by atoms with van der Waals surface area (Å²) in [5, 5.41) is 9.86. The van der Waals surface area contributed by atoms with Crippen LogP contribution < -0.4 is 4.90 Å². The third-order valence-electron chi connectivity index (χ3n) is 3.90. The molecule has 0 radical (unpaired) electrons. The summed E-state index contributed by atoms with van der Waals surface area (Å²) in [7, 11) is 0.